The maximum atomic E-state index is 12.8. The summed E-state index contributed by atoms with van der Waals surface area (Å²) in [7, 11) is -7.69. The van der Waals surface area contributed by atoms with Gasteiger partial charge in [0.2, 0.25) is 10.0 Å². The van der Waals surface area contributed by atoms with E-state index in [0.29, 0.717) is 24.2 Å². The molecule has 10 heteroatoms. The molecule has 2 aromatic carbocycles. The zero-order valence-electron chi connectivity index (χ0n) is 15.8. The zero-order valence-corrected chi connectivity index (χ0v) is 19.1. The minimum absolute atomic E-state index is 0.00778. The van der Waals surface area contributed by atoms with Gasteiger partial charge in [-0.05, 0) is 43.3 Å². The molecule has 2 aromatic rings. The first-order chi connectivity index (χ1) is 13.2. The molecular formula is C18H23BrN2O5S2. The van der Waals surface area contributed by atoms with Gasteiger partial charge in [-0.1, -0.05) is 35.8 Å². The van der Waals surface area contributed by atoms with Crippen LogP contribution in [0, 0.1) is 0 Å². The molecule has 7 nitrogen and oxygen atoms in total. The van der Waals surface area contributed by atoms with E-state index in [1.54, 1.807) is 32.9 Å². The van der Waals surface area contributed by atoms with Crippen LogP contribution in [0.25, 0.3) is 0 Å². The minimum atomic E-state index is -3.94. The quantitative estimate of drug-likeness (QED) is 0.578. The minimum Gasteiger partial charge on any atom is -0.492 e. The Hall–Kier alpha value is -1.62. The number of nitrogens with one attached hydrogen (secondary N) is 1. The van der Waals surface area contributed by atoms with Crippen LogP contribution in [0.2, 0.25) is 0 Å². The van der Waals surface area contributed by atoms with Gasteiger partial charge in [0.25, 0.3) is 10.0 Å². The first kappa shape index (κ1) is 22.7. The van der Waals surface area contributed by atoms with Crippen molar-refractivity contribution >= 4 is 41.7 Å². The van der Waals surface area contributed by atoms with Crippen LogP contribution in [0.1, 0.15) is 20.8 Å². The van der Waals surface area contributed by atoms with Crippen molar-refractivity contribution < 1.29 is 21.6 Å². The first-order valence-electron chi connectivity index (χ1n) is 8.71. The molecule has 0 amide bonds. The van der Waals surface area contributed by atoms with E-state index in [9.17, 15) is 16.8 Å². The third kappa shape index (κ3) is 5.05. The molecule has 0 fully saturated rings. The highest BCUT2D eigenvalue weighted by molar-refractivity contribution is 9.10. The van der Waals surface area contributed by atoms with Crippen molar-refractivity contribution in [2.45, 2.75) is 30.6 Å². The first-order valence-corrected chi connectivity index (χ1v) is 12.4. The number of ether oxygens (including phenoxy) is 1. The van der Waals surface area contributed by atoms with E-state index in [-0.39, 0.29) is 21.2 Å². The SMILES string of the molecule is CCOc1ccc(S(=O)(=O)N(CC)CC)cc1NS(=O)(=O)c1cccc(Br)c1. The van der Waals surface area contributed by atoms with Crippen molar-refractivity contribution in [1.82, 2.24) is 4.31 Å². The number of rotatable bonds is 9. The van der Waals surface area contributed by atoms with Gasteiger partial charge in [-0.2, -0.15) is 4.31 Å². The van der Waals surface area contributed by atoms with Gasteiger partial charge in [-0.15, -0.1) is 0 Å². The van der Waals surface area contributed by atoms with E-state index in [2.05, 4.69) is 20.7 Å². The molecule has 0 radical (unpaired) electrons. The van der Waals surface area contributed by atoms with E-state index in [1.165, 1.54) is 34.6 Å². The predicted octanol–water partition coefficient (Wildman–Crippen LogP) is 3.68. The second-order valence-corrected chi connectivity index (χ2v) is 10.3. The van der Waals surface area contributed by atoms with Crippen molar-refractivity contribution in [1.29, 1.82) is 0 Å². The van der Waals surface area contributed by atoms with E-state index in [0.717, 1.165) is 0 Å². The Morgan fingerprint density at radius 1 is 0.964 bits per heavy atom. The molecular weight excluding hydrogens is 468 g/mol. The maximum Gasteiger partial charge on any atom is 0.262 e. The number of halogens is 1. The second-order valence-electron chi connectivity index (χ2n) is 5.74. The molecule has 0 heterocycles. The number of nitrogens with zero attached hydrogens (tertiary/aromatic N) is 1. The van der Waals surface area contributed by atoms with Crippen molar-refractivity contribution in [2.24, 2.45) is 0 Å². The van der Waals surface area contributed by atoms with Gasteiger partial charge in [-0.25, -0.2) is 16.8 Å². The number of anilines is 1. The van der Waals surface area contributed by atoms with Crippen LogP contribution in [-0.4, -0.2) is 40.8 Å². The summed E-state index contributed by atoms with van der Waals surface area (Å²) in [5, 5.41) is 0. The van der Waals surface area contributed by atoms with Gasteiger partial charge in [0, 0.05) is 17.6 Å². The normalized spacial score (nSPS) is 12.2. The van der Waals surface area contributed by atoms with Gasteiger partial charge in [0.15, 0.2) is 0 Å². The summed E-state index contributed by atoms with van der Waals surface area (Å²) < 4.78 is 61.0. The van der Waals surface area contributed by atoms with E-state index in [1.807, 2.05) is 0 Å². The van der Waals surface area contributed by atoms with Crippen LogP contribution in [0.4, 0.5) is 5.69 Å². The van der Waals surface area contributed by atoms with Crippen molar-refractivity contribution in [2.75, 3.05) is 24.4 Å². The second kappa shape index (κ2) is 9.25. The molecule has 0 bridgehead atoms. The number of hydrogen-bond donors (Lipinski definition) is 1. The molecule has 0 saturated carbocycles. The molecule has 0 saturated heterocycles. The Labute approximate surface area is 174 Å². The lowest BCUT2D eigenvalue weighted by Crippen LogP contribution is -2.30. The molecule has 1 N–H and O–H groups in total. The fourth-order valence-electron chi connectivity index (χ4n) is 2.58. The number of benzene rings is 2. The predicted molar refractivity (Wildman–Crippen MR) is 113 cm³/mol. The summed E-state index contributed by atoms with van der Waals surface area (Å²) in [6.07, 6.45) is 0. The average molecular weight is 491 g/mol. The maximum absolute atomic E-state index is 12.8. The van der Waals surface area contributed by atoms with Crippen LogP contribution in [-0.2, 0) is 20.0 Å². The monoisotopic (exact) mass is 490 g/mol. The standard InChI is InChI=1S/C18H23BrN2O5S2/c1-4-21(5-2)28(24,25)16-10-11-18(26-6-3)17(13-16)20-27(22,23)15-9-7-8-14(19)12-15/h7-13,20H,4-6H2,1-3H3. The molecule has 0 aliphatic rings. The van der Waals surface area contributed by atoms with Gasteiger partial charge in [0.05, 0.1) is 22.1 Å². The van der Waals surface area contributed by atoms with Crippen LogP contribution in [0.3, 0.4) is 0 Å². The highest BCUT2D eigenvalue weighted by Crippen LogP contribution is 2.31. The van der Waals surface area contributed by atoms with Crippen LogP contribution in [0.15, 0.2) is 56.7 Å². The van der Waals surface area contributed by atoms with Gasteiger partial charge >= 0.3 is 0 Å². The van der Waals surface area contributed by atoms with Crippen LogP contribution >= 0.6 is 15.9 Å². The molecule has 0 aliphatic heterocycles. The van der Waals surface area contributed by atoms with E-state index in [4.69, 9.17) is 4.74 Å². The number of hydrogen-bond acceptors (Lipinski definition) is 5. The lowest BCUT2D eigenvalue weighted by Gasteiger charge is -2.20. The van der Waals surface area contributed by atoms with E-state index < -0.39 is 20.0 Å². The van der Waals surface area contributed by atoms with Crippen molar-refractivity contribution in [3.8, 4) is 5.75 Å². The fraction of sp³-hybridized carbons (Fsp3) is 0.333. The molecule has 2 rings (SSSR count). The summed E-state index contributed by atoms with van der Waals surface area (Å²) in [6.45, 7) is 6.16. The highest BCUT2D eigenvalue weighted by atomic mass is 79.9. The summed E-state index contributed by atoms with van der Waals surface area (Å²) in [6, 6.07) is 10.4. The Balaban J connectivity index is 2.52. The molecule has 0 unspecified atom stereocenters. The molecule has 154 valence electrons. The van der Waals surface area contributed by atoms with Crippen LogP contribution < -0.4 is 9.46 Å². The Kier molecular flexibility index (Phi) is 7.49. The lowest BCUT2D eigenvalue weighted by molar-refractivity contribution is 0.341. The van der Waals surface area contributed by atoms with Crippen molar-refractivity contribution in [3.63, 3.8) is 0 Å². The van der Waals surface area contributed by atoms with Crippen LogP contribution in [0.5, 0.6) is 5.75 Å². The molecule has 0 atom stereocenters. The lowest BCUT2D eigenvalue weighted by atomic mass is 10.3. The summed E-state index contributed by atoms with van der Waals surface area (Å²) >= 11 is 3.25. The molecule has 0 aliphatic carbocycles. The highest BCUT2D eigenvalue weighted by Gasteiger charge is 2.24. The molecule has 28 heavy (non-hydrogen) atoms. The summed E-state index contributed by atoms with van der Waals surface area (Å²) in [4.78, 5) is 0.0351. The zero-order chi connectivity index (χ0) is 20.9. The molecule has 0 aromatic heterocycles. The van der Waals surface area contributed by atoms with Gasteiger partial charge in [-0.3, -0.25) is 4.72 Å². The largest absolute Gasteiger partial charge is 0.492 e. The average Bonchev–Trinajstić information content (AvgIpc) is 2.64. The molecule has 0 spiro atoms. The third-order valence-corrected chi connectivity index (χ3v) is 7.85. The van der Waals surface area contributed by atoms with Crippen molar-refractivity contribution in [3.05, 3.63) is 46.9 Å². The van der Waals surface area contributed by atoms with Gasteiger partial charge < -0.3 is 4.74 Å². The Bertz CT molecular complexity index is 1040. The van der Waals surface area contributed by atoms with E-state index >= 15 is 0 Å². The summed E-state index contributed by atoms with van der Waals surface area (Å²) in [5.74, 6) is 0.250. The Morgan fingerprint density at radius 2 is 1.64 bits per heavy atom. The van der Waals surface area contributed by atoms with Gasteiger partial charge in [0.1, 0.15) is 5.75 Å². The smallest absolute Gasteiger partial charge is 0.262 e. The number of sulfonamides is 2. The Morgan fingerprint density at radius 3 is 2.21 bits per heavy atom. The fourth-order valence-corrected chi connectivity index (χ4v) is 5.72. The third-order valence-electron chi connectivity index (χ3n) is 3.94. The summed E-state index contributed by atoms with van der Waals surface area (Å²) in [5.41, 5.74) is 0.0649. The topological polar surface area (TPSA) is 92.8 Å².